The molecular weight excluding hydrogens is 346 g/mol. The number of hydrogen-bond acceptors (Lipinski definition) is 4. The summed E-state index contributed by atoms with van der Waals surface area (Å²) in [6.45, 7) is 5.60. The number of amides is 3. The Bertz CT molecular complexity index is 706. The summed E-state index contributed by atoms with van der Waals surface area (Å²) >= 11 is 0. The van der Waals surface area contributed by atoms with Gasteiger partial charge in [-0.15, -0.1) is 0 Å². The van der Waals surface area contributed by atoms with Gasteiger partial charge in [-0.2, -0.15) is 0 Å². The minimum atomic E-state index is -0.124. The molecule has 148 valence electrons. The first-order valence-electron chi connectivity index (χ1n) is 9.90. The molecule has 0 aliphatic carbocycles. The predicted octanol–water partition coefficient (Wildman–Crippen LogP) is 1.01. The Morgan fingerprint density at radius 3 is 2.56 bits per heavy atom. The standard InChI is InChI=1S/C19H29N5O3/c1-3-4-8-21(2)19(27)17-20-16(15-7-5-6-9-24(15)17)18(26)23-12-10-22(14-25)11-13-23/h14H,3-13H2,1-2H3. The average Bonchev–Trinajstić information content (AvgIpc) is 3.10. The van der Waals surface area contributed by atoms with Crippen molar-refractivity contribution < 1.29 is 14.4 Å². The normalized spacial score (nSPS) is 16.8. The summed E-state index contributed by atoms with van der Waals surface area (Å²) in [5.41, 5.74) is 1.30. The Morgan fingerprint density at radius 1 is 1.15 bits per heavy atom. The topological polar surface area (TPSA) is 78.8 Å². The zero-order valence-electron chi connectivity index (χ0n) is 16.3. The van der Waals surface area contributed by atoms with Gasteiger partial charge in [0.25, 0.3) is 11.8 Å². The molecule has 0 bridgehead atoms. The third kappa shape index (κ3) is 3.99. The molecule has 0 saturated carbocycles. The van der Waals surface area contributed by atoms with E-state index >= 15 is 0 Å². The van der Waals surface area contributed by atoms with Crippen molar-refractivity contribution in [2.24, 2.45) is 0 Å². The lowest BCUT2D eigenvalue weighted by molar-refractivity contribution is -0.119. The van der Waals surface area contributed by atoms with Gasteiger partial charge in [0.2, 0.25) is 6.41 Å². The molecule has 1 fully saturated rings. The summed E-state index contributed by atoms with van der Waals surface area (Å²) in [6, 6.07) is 0. The van der Waals surface area contributed by atoms with Crippen molar-refractivity contribution in [2.45, 2.75) is 45.6 Å². The number of imidazole rings is 1. The summed E-state index contributed by atoms with van der Waals surface area (Å²) in [7, 11) is 1.79. The smallest absolute Gasteiger partial charge is 0.289 e. The lowest BCUT2D eigenvalue weighted by Crippen LogP contribution is -2.48. The second-order valence-electron chi connectivity index (χ2n) is 7.35. The van der Waals surface area contributed by atoms with Crippen LogP contribution < -0.4 is 0 Å². The van der Waals surface area contributed by atoms with E-state index in [-0.39, 0.29) is 11.8 Å². The Hall–Kier alpha value is -2.38. The van der Waals surface area contributed by atoms with Crippen LogP contribution in [0.15, 0.2) is 0 Å². The van der Waals surface area contributed by atoms with Gasteiger partial charge in [-0.25, -0.2) is 4.98 Å². The van der Waals surface area contributed by atoms with E-state index < -0.39 is 0 Å². The first kappa shape index (κ1) is 19.4. The summed E-state index contributed by atoms with van der Waals surface area (Å²) in [5, 5.41) is 0. The van der Waals surface area contributed by atoms with E-state index in [1.165, 1.54) is 0 Å². The molecule has 3 heterocycles. The molecule has 0 unspecified atom stereocenters. The van der Waals surface area contributed by atoms with Crippen molar-refractivity contribution in [1.29, 1.82) is 0 Å². The van der Waals surface area contributed by atoms with E-state index in [1.54, 1.807) is 21.7 Å². The van der Waals surface area contributed by atoms with Gasteiger partial charge in [-0.05, 0) is 25.7 Å². The number of aromatic nitrogens is 2. The maximum Gasteiger partial charge on any atom is 0.289 e. The first-order chi connectivity index (χ1) is 13.1. The summed E-state index contributed by atoms with van der Waals surface area (Å²) in [5.74, 6) is 0.149. The highest BCUT2D eigenvalue weighted by Gasteiger charge is 2.31. The second-order valence-corrected chi connectivity index (χ2v) is 7.35. The predicted molar refractivity (Wildman–Crippen MR) is 101 cm³/mol. The van der Waals surface area contributed by atoms with Gasteiger partial charge in [0.05, 0.1) is 5.69 Å². The number of rotatable bonds is 6. The first-order valence-corrected chi connectivity index (χ1v) is 9.90. The molecule has 1 saturated heterocycles. The Balaban J connectivity index is 1.84. The zero-order valence-corrected chi connectivity index (χ0v) is 16.3. The van der Waals surface area contributed by atoms with Crippen LogP contribution in [-0.4, -0.2) is 82.2 Å². The van der Waals surface area contributed by atoms with Crippen LogP contribution >= 0.6 is 0 Å². The summed E-state index contributed by atoms with van der Waals surface area (Å²) < 4.78 is 1.95. The fraction of sp³-hybridized carbons (Fsp3) is 0.684. The van der Waals surface area contributed by atoms with E-state index in [0.717, 1.165) is 50.8 Å². The number of hydrogen-bond donors (Lipinski definition) is 0. The molecule has 0 atom stereocenters. The summed E-state index contributed by atoms with van der Waals surface area (Å²) in [4.78, 5) is 46.5. The summed E-state index contributed by atoms with van der Waals surface area (Å²) in [6.07, 6.45) is 5.56. The number of piperazine rings is 1. The molecule has 2 aliphatic heterocycles. The minimum absolute atomic E-state index is 0.114. The number of unbranched alkanes of at least 4 members (excludes halogenated alkanes) is 1. The van der Waals surface area contributed by atoms with E-state index in [4.69, 9.17) is 0 Å². The van der Waals surface area contributed by atoms with Crippen LogP contribution in [0, 0.1) is 0 Å². The number of fused-ring (bicyclic) bond motifs is 1. The quantitative estimate of drug-likeness (QED) is 0.695. The van der Waals surface area contributed by atoms with Gasteiger partial charge >= 0.3 is 0 Å². The molecular formula is C19H29N5O3. The fourth-order valence-electron chi connectivity index (χ4n) is 3.73. The van der Waals surface area contributed by atoms with Crippen molar-refractivity contribution in [3.8, 4) is 0 Å². The number of nitrogens with zero attached hydrogens (tertiary/aromatic N) is 5. The number of carbonyl (C=O) groups is 3. The van der Waals surface area contributed by atoms with Crippen molar-refractivity contribution in [3.05, 3.63) is 17.2 Å². The van der Waals surface area contributed by atoms with Crippen LogP contribution in [-0.2, 0) is 17.8 Å². The van der Waals surface area contributed by atoms with Gasteiger partial charge in [0.15, 0.2) is 5.82 Å². The lowest BCUT2D eigenvalue weighted by atomic mass is 10.1. The largest absolute Gasteiger partial charge is 0.342 e. The Labute approximate surface area is 160 Å². The fourth-order valence-corrected chi connectivity index (χ4v) is 3.73. The molecule has 3 amide bonds. The maximum absolute atomic E-state index is 13.1. The van der Waals surface area contributed by atoms with E-state index in [2.05, 4.69) is 11.9 Å². The van der Waals surface area contributed by atoms with E-state index in [0.29, 0.717) is 44.2 Å². The molecule has 0 N–H and O–H groups in total. The van der Waals surface area contributed by atoms with Crippen molar-refractivity contribution in [1.82, 2.24) is 24.3 Å². The van der Waals surface area contributed by atoms with Gasteiger partial charge in [0.1, 0.15) is 5.69 Å². The van der Waals surface area contributed by atoms with E-state index in [9.17, 15) is 14.4 Å². The van der Waals surface area contributed by atoms with Gasteiger partial charge in [-0.3, -0.25) is 14.4 Å². The van der Waals surface area contributed by atoms with E-state index in [1.807, 2.05) is 4.57 Å². The van der Waals surface area contributed by atoms with Gasteiger partial charge < -0.3 is 19.3 Å². The molecule has 27 heavy (non-hydrogen) atoms. The van der Waals surface area contributed by atoms with Crippen LogP contribution in [0.1, 0.15) is 59.4 Å². The molecule has 8 nitrogen and oxygen atoms in total. The highest BCUT2D eigenvalue weighted by Crippen LogP contribution is 2.23. The zero-order chi connectivity index (χ0) is 19.4. The third-order valence-electron chi connectivity index (χ3n) is 5.46. The van der Waals surface area contributed by atoms with Crippen LogP contribution in [0.5, 0.6) is 0 Å². The van der Waals surface area contributed by atoms with Crippen molar-refractivity contribution in [3.63, 3.8) is 0 Å². The Morgan fingerprint density at radius 2 is 1.89 bits per heavy atom. The highest BCUT2D eigenvalue weighted by molar-refractivity contribution is 5.97. The van der Waals surface area contributed by atoms with Crippen molar-refractivity contribution >= 4 is 18.2 Å². The van der Waals surface area contributed by atoms with Crippen LogP contribution in [0.3, 0.4) is 0 Å². The van der Waals surface area contributed by atoms with Crippen LogP contribution in [0.25, 0.3) is 0 Å². The molecule has 0 spiro atoms. The number of carbonyl (C=O) groups excluding carboxylic acids is 3. The maximum atomic E-state index is 13.1. The lowest BCUT2D eigenvalue weighted by Gasteiger charge is -2.32. The minimum Gasteiger partial charge on any atom is -0.342 e. The van der Waals surface area contributed by atoms with Gasteiger partial charge in [0, 0.05) is 46.3 Å². The highest BCUT2D eigenvalue weighted by atomic mass is 16.2. The monoisotopic (exact) mass is 375 g/mol. The van der Waals surface area contributed by atoms with Crippen LogP contribution in [0.2, 0.25) is 0 Å². The molecule has 8 heteroatoms. The average molecular weight is 375 g/mol. The van der Waals surface area contributed by atoms with Crippen molar-refractivity contribution in [2.75, 3.05) is 39.8 Å². The molecule has 1 aromatic rings. The van der Waals surface area contributed by atoms with Crippen LogP contribution in [0.4, 0.5) is 0 Å². The molecule has 3 rings (SSSR count). The van der Waals surface area contributed by atoms with Gasteiger partial charge in [-0.1, -0.05) is 13.3 Å². The second kappa shape index (κ2) is 8.54. The molecule has 0 aromatic carbocycles. The molecule has 1 aromatic heterocycles. The SMILES string of the molecule is CCCCN(C)C(=O)c1nc(C(=O)N2CCN(C=O)CC2)c2n1CCCC2. The third-order valence-corrected chi connectivity index (χ3v) is 5.46. The molecule has 2 aliphatic rings. The molecule has 0 radical (unpaired) electrons. The Kier molecular flexibility index (Phi) is 6.13.